The third-order valence-corrected chi connectivity index (χ3v) is 5.13. The summed E-state index contributed by atoms with van der Waals surface area (Å²) in [6.07, 6.45) is 3.89. The molecule has 3 rings (SSSR count). The molecule has 2 fully saturated rings. The van der Waals surface area contributed by atoms with Crippen LogP contribution in [0.15, 0.2) is 18.2 Å². The van der Waals surface area contributed by atoms with Crippen molar-refractivity contribution < 1.29 is 14.5 Å². The second-order valence-corrected chi connectivity index (χ2v) is 7.27. The van der Waals surface area contributed by atoms with Gasteiger partial charge >= 0.3 is 0 Å². The first-order chi connectivity index (χ1) is 12.5. The number of carbonyl (C=O) groups excluding carboxylic acids is 1. The molecule has 9 heteroatoms. The van der Waals surface area contributed by atoms with Gasteiger partial charge in [-0.25, -0.2) is 0 Å². The van der Waals surface area contributed by atoms with E-state index in [-0.39, 0.29) is 29.4 Å². The average Bonchev–Trinajstić information content (AvgIpc) is 3.45. The van der Waals surface area contributed by atoms with E-state index in [2.05, 4.69) is 16.0 Å². The predicted octanol–water partition coefficient (Wildman–Crippen LogP) is 2.34. The molecule has 0 aromatic heterocycles. The topological polar surface area (TPSA) is 106 Å². The molecule has 0 spiro atoms. The zero-order chi connectivity index (χ0) is 18.6. The molecule has 1 saturated carbocycles. The van der Waals surface area contributed by atoms with Crippen molar-refractivity contribution >= 4 is 29.7 Å². The number of nitro groups is 1. The molecule has 0 unspecified atom stereocenters. The van der Waals surface area contributed by atoms with Crippen molar-refractivity contribution in [1.29, 1.82) is 0 Å². The number of piperidine rings is 1. The standard InChI is InChI=1S/C18H26N4O4.ClH/c1-26-12-18(6-8-19-9-7-18)11-20-17(23)13-2-5-15(21-14-3-4-14)16(10-13)22(24)25;/h2,5,10,14,19,21H,3-4,6-9,11-12H2,1H3,(H,20,23);1H. The van der Waals surface area contributed by atoms with Crippen LogP contribution in [0.3, 0.4) is 0 Å². The molecule has 0 bridgehead atoms. The van der Waals surface area contributed by atoms with Crippen LogP contribution >= 0.6 is 12.4 Å². The van der Waals surface area contributed by atoms with Gasteiger partial charge in [0.15, 0.2) is 0 Å². The van der Waals surface area contributed by atoms with Crippen molar-refractivity contribution in [2.45, 2.75) is 31.7 Å². The number of carbonyl (C=O) groups is 1. The van der Waals surface area contributed by atoms with E-state index < -0.39 is 4.92 Å². The van der Waals surface area contributed by atoms with Crippen LogP contribution in [0.25, 0.3) is 0 Å². The molecular weight excluding hydrogens is 372 g/mol. The number of hydrogen-bond donors (Lipinski definition) is 3. The summed E-state index contributed by atoms with van der Waals surface area (Å²) in [5, 5.41) is 20.7. The lowest BCUT2D eigenvalue weighted by atomic mass is 9.79. The van der Waals surface area contributed by atoms with Crippen LogP contribution in [0, 0.1) is 15.5 Å². The largest absolute Gasteiger partial charge is 0.384 e. The first-order valence-corrected chi connectivity index (χ1v) is 9.06. The normalized spacial score (nSPS) is 18.3. The minimum Gasteiger partial charge on any atom is -0.384 e. The van der Waals surface area contributed by atoms with Crippen molar-refractivity contribution in [3.05, 3.63) is 33.9 Å². The van der Waals surface area contributed by atoms with Gasteiger partial charge < -0.3 is 20.7 Å². The van der Waals surface area contributed by atoms with E-state index in [4.69, 9.17) is 4.74 Å². The Hall–Kier alpha value is -1.90. The van der Waals surface area contributed by atoms with Gasteiger partial charge in [0.25, 0.3) is 11.6 Å². The Balaban J connectivity index is 0.00000261. The number of benzene rings is 1. The molecule has 1 aliphatic heterocycles. The van der Waals surface area contributed by atoms with Gasteiger partial charge in [0.05, 0.1) is 11.5 Å². The first kappa shape index (κ1) is 21.4. The van der Waals surface area contributed by atoms with E-state index in [0.29, 0.717) is 30.4 Å². The summed E-state index contributed by atoms with van der Waals surface area (Å²) in [7, 11) is 1.67. The quantitative estimate of drug-likeness (QED) is 0.458. The highest BCUT2D eigenvalue weighted by atomic mass is 35.5. The number of nitro benzene ring substituents is 1. The van der Waals surface area contributed by atoms with Crippen LogP contribution in [0.1, 0.15) is 36.0 Å². The number of ether oxygens (including phenoxy) is 1. The molecule has 1 amide bonds. The van der Waals surface area contributed by atoms with Crippen molar-refractivity contribution in [3.63, 3.8) is 0 Å². The van der Waals surface area contributed by atoms with Crippen molar-refractivity contribution in [2.75, 3.05) is 38.7 Å². The molecule has 2 aliphatic rings. The van der Waals surface area contributed by atoms with Gasteiger partial charge in [0.1, 0.15) is 5.69 Å². The number of halogens is 1. The van der Waals surface area contributed by atoms with Crippen LogP contribution in [0.5, 0.6) is 0 Å². The van der Waals surface area contributed by atoms with Gasteiger partial charge in [-0.1, -0.05) is 0 Å². The Morgan fingerprint density at radius 1 is 1.37 bits per heavy atom. The molecule has 1 aromatic rings. The maximum absolute atomic E-state index is 12.5. The Bertz CT molecular complexity index is 670. The maximum atomic E-state index is 12.5. The van der Waals surface area contributed by atoms with Gasteiger partial charge in [-0.2, -0.15) is 0 Å². The molecule has 3 N–H and O–H groups in total. The van der Waals surface area contributed by atoms with Crippen LogP contribution in [0.2, 0.25) is 0 Å². The average molecular weight is 399 g/mol. The Morgan fingerprint density at radius 2 is 2.07 bits per heavy atom. The number of rotatable bonds is 8. The van der Waals surface area contributed by atoms with Gasteiger partial charge in [0, 0.05) is 36.7 Å². The van der Waals surface area contributed by atoms with Gasteiger partial charge in [-0.15, -0.1) is 12.4 Å². The van der Waals surface area contributed by atoms with E-state index in [1.54, 1.807) is 19.2 Å². The fraction of sp³-hybridized carbons (Fsp3) is 0.611. The summed E-state index contributed by atoms with van der Waals surface area (Å²) in [4.78, 5) is 23.5. The Kier molecular flexibility index (Phi) is 7.41. The maximum Gasteiger partial charge on any atom is 0.293 e. The summed E-state index contributed by atoms with van der Waals surface area (Å²) in [6.45, 7) is 2.87. The third kappa shape index (κ3) is 5.54. The molecule has 1 aromatic carbocycles. The Labute approximate surface area is 165 Å². The number of hydrogen-bond acceptors (Lipinski definition) is 6. The van der Waals surface area contributed by atoms with Gasteiger partial charge in [0.2, 0.25) is 0 Å². The molecule has 8 nitrogen and oxygen atoms in total. The molecule has 1 heterocycles. The van der Waals surface area contributed by atoms with E-state index in [0.717, 1.165) is 38.8 Å². The lowest BCUT2D eigenvalue weighted by molar-refractivity contribution is -0.384. The van der Waals surface area contributed by atoms with Crippen LogP contribution in [0.4, 0.5) is 11.4 Å². The number of amides is 1. The van der Waals surface area contributed by atoms with E-state index >= 15 is 0 Å². The summed E-state index contributed by atoms with van der Waals surface area (Å²) in [6, 6.07) is 4.92. The number of anilines is 1. The molecule has 1 aliphatic carbocycles. The minimum atomic E-state index is -0.444. The highest BCUT2D eigenvalue weighted by Crippen LogP contribution is 2.32. The molecule has 150 valence electrons. The lowest BCUT2D eigenvalue weighted by Crippen LogP contribution is -2.47. The highest BCUT2D eigenvalue weighted by Gasteiger charge is 2.33. The number of methoxy groups -OCH3 is 1. The van der Waals surface area contributed by atoms with Crippen molar-refractivity contribution in [1.82, 2.24) is 10.6 Å². The van der Waals surface area contributed by atoms with E-state index in [9.17, 15) is 14.9 Å². The molecular formula is C18H27ClN4O4. The molecule has 0 atom stereocenters. The van der Waals surface area contributed by atoms with Gasteiger partial charge in [-0.3, -0.25) is 14.9 Å². The smallest absolute Gasteiger partial charge is 0.293 e. The van der Waals surface area contributed by atoms with Gasteiger partial charge in [-0.05, 0) is 50.9 Å². The summed E-state index contributed by atoms with van der Waals surface area (Å²) < 4.78 is 5.36. The molecule has 27 heavy (non-hydrogen) atoms. The second-order valence-electron chi connectivity index (χ2n) is 7.27. The predicted molar refractivity (Wildman–Crippen MR) is 106 cm³/mol. The fourth-order valence-electron chi connectivity index (χ4n) is 3.40. The zero-order valence-corrected chi connectivity index (χ0v) is 16.3. The number of nitrogens with zero attached hydrogens (tertiary/aromatic N) is 1. The lowest BCUT2D eigenvalue weighted by Gasteiger charge is -2.37. The summed E-state index contributed by atoms with van der Waals surface area (Å²) in [5.74, 6) is -0.292. The summed E-state index contributed by atoms with van der Waals surface area (Å²) in [5.41, 5.74) is 0.635. The fourth-order valence-corrected chi connectivity index (χ4v) is 3.40. The highest BCUT2D eigenvalue weighted by molar-refractivity contribution is 5.95. The molecule has 1 saturated heterocycles. The van der Waals surface area contributed by atoms with Crippen LogP contribution in [-0.2, 0) is 4.74 Å². The monoisotopic (exact) mass is 398 g/mol. The molecule has 0 radical (unpaired) electrons. The van der Waals surface area contributed by atoms with E-state index in [1.165, 1.54) is 6.07 Å². The van der Waals surface area contributed by atoms with E-state index in [1.807, 2.05) is 0 Å². The second kappa shape index (κ2) is 9.34. The van der Waals surface area contributed by atoms with Crippen molar-refractivity contribution in [2.24, 2.45) is 5.41 Å². The third-order valence-electron chi connectivity index (χ3n) is 5.13. The summed E-state index contributed by atoms with van der Waals surface area (Å²) >= 11 is 0. The SMILES string of the molecule is COCC1(CNC(=O)c2ccc(NC3CC3)c([N+](=O)[O-])c2)CCNCC1.Cl. The number of nitrogens with one attached hydrogen (secondary N) is 3. The Morgan fingerprint density at radius 3 is 2.67 bits per heavy atom. The van der Waals surface area contributed by atoms with Crippen molar-refractivity contribution in [3.8, 4) is 0 Å². The minimum absolute atomic E-state index is 0. The van der Waals surface area contributed by atoms with Crippen LogP contribution < -0.4 is 16.0 Å². The first-order valence-electron chi connectivity index (χ1n) is 9.06. The van der Waals surface area contributed by atoms with Crippen LogP contribution in [-0.4, -0.2) is 50.2 Å². The zero-order valence-electron chi connectivity index (χ0n) is 15.5.